The molecular formula is C18H24N4O. The average molecular weight is 312 g/mol. The molecule has 1 fully saturated rings. The third-order valence-electron chi connectivity index (χ3n) is 4.51. The molecule has 2 aromatic rings. The van der Waals surface area contributed by atoms with E-state index in [2.05, 4.69) is 17.0 Å². The summed E-state index contributed by atoms with van der Waals surface area (Å²) in [6.07, 6.45) is 12.3. The Morgan fingerprint density at radius 2 is 2.26 bits per heavy atom. The van der Waals surface area contributed by atoms with Crippen LogP contribution in [0.5, 0.6) is 0 Å². The van der Waals surface area contributed by atoms with Gasteiger partial charge in [-0.05, 0) is 37.5 Å². The largest absolute Gasteiger partial charge is 0.336 e. The molecule has 1 aliphatic heterocycles. The Morgan fingerprint density at radius 3 is 2.96 bits per heavy atom. The van der Waals surface area contributed by atoms with Crippen molar-refractivity contribution in [1.29, 1.82) is 0 Å². The zero-order valence-electron chi connectivity index (χ0n) is 13.7. The van der Waals surface area contributed by atoms with Gasteiger partial charge in [0.15, 0.2) is 5.82 Å². The van der Waals surface area contributed by atoms with Crippen LogP contribution in [0.25, 0.3) is 5.82 Å². The number of aromatic nitrogens is 3. The summed E-state index contributed by atoms with van der Waals surface area (Å²) in [6, 6.07) is 5.96. The molecule has 0 radical (unpaired) electrons. The maximum atomic E-state index is 12.8. The van der Waals surface area contributed by atoms with E-state index in [1.54, 1.807) is 17.1 Å². The normalized spacial score (nSPS) is 17.6. The van der Waals surface area contributed by atoms with E-state index in [1.165, 1.54) is 19.3 Å². The highest BCUT2D eigenvalue weighted by Gasteiger charge is 2.28. The number of carbonyl (C=O) groups excluding carboxylic acids is 1. The van der Waals surface area contributed by atoms with Gasteiger partial charge in [-0.1, -0.05) is 26.2 Å². The molecule has 2 aromatic heterocycles. The molecule has 122 valence electrons. The number of rotatable bonds is 6. The van der Waals surface area contributed by atoms with Gasteiger partial charge in [0, 0.05) is 31.2 Å². The van der Waals surface area contributed by atoms with Crippen LogP contribution in [0.1, 0.15) is 55.8 Å². The molecule has 5 nitrogen and oxygen atoms in total. The first kappa shape index (κ1) is 15.7. The number of nitrogens with zero attached hydrogens (tertiary/aromatic N) is 4. The van der Waals surface area contributed by atoms with Gasteiger partial charge in [-0.25, -0.2) is 9.67 Å². The van der Waals surface area contributed by atoms with Gasteiger partial charge in [0.2, 0.25) is 0 Å². The summed E-state index contributed by atoms with van der Waals surface area (Å²) in [4.78, 5) is 19.2. The molecule has 1 saturated heterocycles. The van der Waals surface area contributed by atoms with Gasteiger partial charge < -0.3 is 4.90 Å². The monoisotopic (exact) mass is 312 g/mol. The van der Waals surface area contributed by atoms with Gasteiger partial charge in [-0.3, -0.25) is 4.79 Å². The minimum absolute atomic E-state index is 0.114. The van der Waals surface area contributed by atoms with Gasteiger partial charge in [0.1, 0.15) is 0 Å². The van der Waals surface area contributed by atoms with Crippen molar-refractivity contribution in [3.63, 3.8) is 0 Å². The molecule has 1 unspecified atom stereocenters. The molecule has 1 amide bonds. The summed E-state index contributed by atoms with van der Waals surface area (Å²) in [5, 5.41) is 4.15. The van der Waals surface area contributed by atoms with Crippen LogP contribution in [0.3, 0.4) is 0 Å². The van der Waals surface area contributed by atoms with Gasteiger partial charge in [-0.2, -0.15) is 5.10 Å². The highest BCUT2D eigenvalue weighted by atomic mass is 16.2. The SMILES string of the molecule is CCCCCC1CCCN1C(=O)c1ccc(-n2cccn2)nc1. The molecule has 0 aromatic carbocycles. The quantitative estimate of drug-likeness (QED) is 0.768. The van der Waals surface area contributed by atoms with E-state index >= 15 is 0 Å². The molecule has 1 atom stereocenters. The molecular weight excluding hydrogens is 288 g/mol. The van der Waals surface area contributed by atoms with Crippen LogP contribution in [-0.4, -0.2) is 38.2 Å². The van der Waals surface area contributed by atoms with Crippen LogP contribution in [0.15, 0.2) is 36.8 Å². The van der Waals surface area contributed by atoms with Crippen molar-refractivity contribution in [2.75, 3.05) is 6.54 Å². The lowest BCUT2D eigenvalue weighted by Crippen LogP contribution is -2.35. The van der Waals surface area contributed by atoms with Gasteiger partial charge in [0.05, 0.1) is 5.56 Å². The van der Waals surface area contributed by atoms with Crippen LogP contribution < -0.4 is 0 Å². The van der Waals surface area contributed by atoms with Crippen molar-refractivity contribution in [1.82, 2.24) is 19.7 Å². The molecule has 0 aliphatic carbocycles. The lowest BCUT2D eigenvalue weighted by molar-refractivity contribution is 0.0728. The summed E-state index contributed by atoms with van der Waals surface area (Å²) < 4.78 is 1.69. The van der Waals surface area contributed by atoms with E-state index in [0.29, 0.717) is 11.6 Å². The fourth-order valence-corrected chi connectivity index (χ4v) is 3.25. The number of carbonyl (C=O) groups is 1. The lowest BCUT2D eigenvalue weighted by Gasteiger charge is -2.24. The Hall–Kier alpha value is -2.17. The Bertz CT molecular complexity index is 621. The third kappa shape index (κ3) is 3.60. The third-order valence-corrected chi connectivity index (χ3v) is 4.51. The second-order valence-corrected chi connectivity index (χ2v) is 6.15. The Balaban J connectivity index is 1.67. The zero-order valence-corrected chi connectivity index (χ0v) is 13.7. The van der Waals surface area contributed by atoms with Crippen molar-refractivity contribution in [2.24, 2.45) is 0 Å². The number of amides is 1. The van der Waals surface area contributed by atoms with Crippen molar-refractivity contribution in [3.05, 3.63) is 42.4 Å². The van der Waals surface area contributed by atoms with Crippen LogP contribution in [0.4, 0.5) is 0 Å². The first-order chi connectivity index (χ1) is 11.3. The lowest BCUT2D eigenvalue weighted by atomic mass is 10.1. The highest BCUT2D eigenvalue weighted by Crippen LogP contribution is 2.24. The maximum absolute atomic E-state index is 12.8. The topological polar surface area (TPSA) is 51.0 Å². The van der Waals surface area contributed by atoms with E-state index in [-0.39, 0.29) is 5.91 Å². The molecule has 0 saturated carbocycles. The second kappa shape index (κ2) is 7.40. The first-order valence-corrected chi connectivity index (χ1v) is 8.56. The zero-order chi connectivity index (χ0) is 16.1. The molecule has 0 bridgehead atoms. The Morgan fingerprint density at radius 1 is 1.35 bits per heavy atom. The molecule has 3 heterocycles. The Kier molecular flexibility index (Phi) is 5.05. The number of likely N-dealkylation sites (tertiary alicyclic amines) is 1. The number of pyridine rings is 1. The molecule has 5 heteroatoms. The Labute approximate surface area is 137 Å². The summed E-state index contributed by atoms with van der Waals surface area (Å²) in [5.41, 5.74) is 0.670. The van der Waals surface area contributed by atoms with Crippen LogP contribution in [0, 0.1) is 0 Å². The van der Waals surface area contributed by atoms with Crippen molar-refractivity contribution in [3.8, 4) is 5.82 Å². The van der Waals surface area contributed by atoms with Crippen LogP contribution >= 0.6 is 0 Å². The average Bonchev–Trinajstić information content (AvgIpc) is 3.26. The number of hydrogen-bond donors (Lipinski definition) is 0. The van der Waals surface area contributed by atoms with Gasteiger partial charge >= 0.3 is 0 Å². The molecule has 23 heavy (non-hydrogen) atoms. The standard InChI is InChI=1S/C18H24N4O/c1-2-3-4-7-16-8-5-12-21(16)18(23)15-9-10-17(19-14-15)22-13-6-11-20-22/h6,9-11,13-14,16H,2-5,7-8,12H2,1H3. The van der Waals surface area contributed by atoms with Crippen molar-refractivity contribution in [2.45, 2.75) is 51.5 Å². The summed E-state index contributed by atoms with van der Waals surface area (Å²) in [6.45, 7) is 3.08. The molecule has 1 aliphatic rings. The maximum Gasteiger partial charge on any atom is 0.255 e. The van der Waals surface area contributed by atoms with Crippen LogP contribution in [0.2, 0.25) is 0 Å². The second-order valence-electron chi connectivity index (χ2n) is 6.15. The van der Waals surface area contributed by atoms with Crippen LogP contribution in [-0.2, 0) is 0 Å². The number of unbranched alkanes of at least 4 members (excludes halogenated alkanes) is 2. The van der Waals surface area contributed by atoms with E-state index < -0.39 is 0 Å². The minimum atomic E-state index is 0.114. The minimum Gasteiger partial charge on any atom is -0.336 e. The van der Waals surface area contributed by atoms with Crippen molar-refractivity contribution < 1.29 is 4.79 Å². The fraction of sp³-hybridized carbons (Fsp3) is 0.500. The predicted molar refractivity (Wildman–Crippen MR) is 89.6 cm³/mol. The molecule has 0 spiro atoms. The van der Waals surface area contributed by atoms with E-state index in [4.69, 9.17) is 0 Å². The highest BCUT2D eigenvalue weighted by molar-refractivity contribution is 5.94. The summed E-state index contributed by atoms with van der Waals surface area (Å²) in [5.74, 6) is 0.844. The summed E-state index contributed by atoms with van der Waals surface area (Å²) in [7, 11) is 0. The fourth-order valence-electron chi connectivity index (χ4n) is 3.25. The van der Waals surface area contributed by atoms with Gasteiger partial charge in [0.25, 0.3) is 5.91 Å². The molecule has 0 N–H and O–H groups in total. The molecule has 3 rings (SSSR count). The predicted octanol–water partition coefficient (Wildman–Crippen LogP) is 3.45. The number of hydrogen-bond acceptors (Lipinski definition) is 3. The van der Waals surface area contributed by atoms with Gasteiger partial charge in [-0.15, -0.1) is 0 Å². The van der Waals surface area contributed by atoms with E-state index in [9.17, 15) is 4.79 Å². The smallest absolute Gasteiger partial charge is 0.255 e. The summed E-state index contributed by atoms with van der Waals surface area (Å²) >= 11 is 0. The first-order valence-electron chi connectivity index (χ1n) is 8.56. The van der Waals surface area contributed by atoms with Crippen molar-refractivity contribution >= 4 is 5.91 Å². The van der Waals surface area contributed by atoms with E-state index in [1.807, 2.05) is 29.3 Å². The van der Waals surface area contributed by atoms with E-state index in [0.717, 1.165) is 31.6 Å².